The highest BCUT2D eigenvalue weighted by Gasteiger charge is 2.17. The Labute approximate surface area is 222 Å². The maximum Gasteiger partial charge on any atom is 0.135 e. The van der Waals surface area contributed by atoms with Crippen molar-refractivity contribution in [2.45, 2.75) is 32.4 Å². The maximum atomic E-state index is 14.0. The van der Waals surface area contributed by atoms with E-state index in [9.17, 15) is 14.6 Å². The Morgan fingerprint density at radius 3 is 2.74 bits per heavy atom. The van der Waals surface area contributed by atoms with Gasteiger partial charge in [0.1, 0.15) is 29.0 Å². The first kappa shape index (κ1) is 24.5. The van der Waals surface area contributed by atoms with E-state index in [-0.39, 0.29) is 5.75 Å². The second-order valence-corrected chi connectivity index (χ2v) is 9.43. The number of H-pyrrole nitrogens is 2. The lowest BCUT2D eigenvalue weighted by molar-refractivity contribution is 0.190. The van der Waals surface area contributed by atoms with Gasteiger partial charge in [0.15, 0.2) is 0 Å². The van der Waals surface area contributed by atoms with Gasteiger partial charge in [0, 0.05) is 40.5 Å². The number of nitrogens with one attached hydrogen (secondary N) is 3. The highest BCUT2D eigenvalue weighted by atomic mass is 19.1. The van der Waals surface area contributed by atoms with E-state index in [1.54, 1.807) is 18.6 Å². The number of nitrogens with zero attached hydrogens (tertiary/aromatic N) is 4. The van der Waals surface area contributed by atoms with Crippen molar-refractivity contribution in [3.8, 4) is 39.7 Å². The van der Waals surface area contributed by atoms with Crippen LogP contribution in [0.1, 0.15) is 26.2 Å². The first-order valence-electron chi connectivity index (χ1n) is 12.7. The van der Waals surface area contributed by atoms with Crippen molar-refractivity contribution in [1.29, 1.82) is 0 Å². The zero-order valence-corrected chi connectivity index (χ0v) is 21.1. The monoisotopic (exact) mass is 523 g/mol. The summed E-state index contributed by atoms with van der Waals surface area (Å²) in [6, 6.07) is 13.3. The van der Waals surface area contributed by atoms with Crippen LogP contribution in [0.25, 0.3) is 55.8 Å². The van der Waals surface area contributed by atoms with Crippen LogP contribution < -0.4 is 5.32 Å². The summed E-state index contributed by atoms with van der Waals surface area (Å²) in [6.07, 6.45) is 6.99. The number of aromatic nitrogens is 6. The fourth-order valence-corrected chi connectivity index (χ4v) is 4.69. The molecule has 0 amide bonds. The lowest BCUT2D eigenvalue weighted by atomic mass is 10.1. The summed E-state index contributed by atoms with van der Waals surface area (Å²) in [5, 5.41) is 31.5. The molecule has 5 aromatic heterocycles. The number of phenolic OH excluding ortho intramolecular Hbond substituents is 1. The number of aliphatic hydroxyl groups is 1. The molecule has 0 radical (unpaired) electrons. The van der Waals surface area contributed by atoms with Crippen molar-refractivity contribution >= 4 is 27.6 Å². The summed E-state index contributed by atoms with van der Waals surface area (Å²) in [4.78, 5) is 17.0. The van der Waals surface area contributed by atoms with Crippen LogP contribution in [0.4, 0.5) is 10.1 Å². The normalized spacial score (nSPS) is 12.3. The summed E-state index contributed by atoms with van der Waals surface area (Å²) >= 11 is 0. The number of fused-ring (bicyclic) bond motifs is 2. The molecule has 1 atom stereocenters. The Bertz CT molecular complexity index is 1780. The minimum absolute atomic E-state index is 0.168. The van der Waals surface area contributed by atoms with Crippen molar-refractivity contribution in [3.05, 3.63) is 72.9 Å². The summed E-state index contributed by atoms with van der Waals surface area (Å²) in [7, 11) is 0. The van der Waals surface area contributed by atoms with Gasteiger partial charge in [-0.05, 0) is 55.3 Å². The van der Waals surface area contributed by atoms with Crippen LogP contribution in [0.3, 0.4) is 0 Å². The van der Waals surface area contributed by atoms with E-state index in [0.717, 1.165) is 40.9 Å². The average molecular weight is 524 g/mol. The highest BCUT2D eigenvalue weighted by Crippen LogP contribution is 2.34. The van der Waals surface area contributed by atoms with Gasteiger partial charge in [-0.25, -0.2) is 9.37 Å². The Morgan fingerprint density at radius 2 is 1.90 bits per heavy atom. The standard InChI is InChI=1S/C29H26FN7O2/c1-2-3-4-26(39)33-19-10-17(14-31-15-19)22-5-6-24-28(35-22)29(37-36-24)25-13-21-23(34-25)7-8-32-27(21)16-9-18(30)12-20(38)11-16/h5-15,26,33-34,38-39H,2-4H2,1H3,(H,36,37). The lowest BCUT2D eigenvalue weighted by Gasteiger charge is -2.14. The second-order valence-electron chi connectivity index (χ2n) is 9.43. The number of anilines is 1. The highest BCUT2D eigenvalue weighted by molar-refractivity contribution is 5.99. The van der Waals surface area contributed by atoms with Gasteiger partial charge in [-0.1, -0.05) is 13.3 Å². The quantitative estimate of drug-likeness (QED) is 0.155. The lowest BCUT2D eigenvalue weighted by Crippen LogP contribution is -2.18. The molecule has 0 fully saturated rings. The third-order valence-electron chi connectivity index (χ3n) is 6.57. The molecule has 6 aromatic rings. The topological polar surface area (TPSA) is 136 Å². The van der Waals surface area contributed by atoms with E-state index in [2.05, 4.69) is 37.4 Å². The largest absolute Gasteiger partial charge is 0.508 e. The van der Waals surface area contributed by atoms with Crippen molar-refractivity contribution in [2.24, 2.45) is 0 Å². The predicted molar refractivity (Wildman–Crippen MR) is 148 cm³/mol. The van der Waals surface area contributed by atoms with Crippen LogP contribution in [0.5, 0.6) is 5.75 Å². The minimum atomic E-state index is -0.643. The van der Waals surface area contributed by atoms with Crippen molar-refractivity contribution < 1.29 is 14.6 Å². The summed E-state index contributed by atoms with van der Waals surface area (Å²) in [5.41, 5.74) is 6.77. The molecular weight excluding hydrogens is 497 g/mol. The fourth-order valence-electron chi connectivity index (χ4n) is 4.69. The zero-order chi connectivity index (χ0) is 26.9. The minimum Gasteiger partial charge on any atom is -0.508 e. The Morgan fingerprint density at radius 1 is 1.00 bits per heavy atom. The van der Waals surface area contributed by atoms with E-state index in [1.807, 2.05) is 30.3 Å². The van der Waals surface area contributed by atoms with E-state index in [0.29, 0.717) is 46.0 Å². The molecule has 39 heavy (non-hydrogen) atoms. The van der Waals surface area contributed by atoms with Gasteiger partial charge >= 0.3 is 0 Å². The molecule has 0 aliphatic heterocycles. The molecule has 10 heteroatoms. The molecule has 0 saturated heterocycles. The molecule has 1 aromatic carbocycles. The molecule has 5 N–H and O–H groups in total. The molecule has 0 aliphatic carbocycles. The third kappa shape index (κ3) is 4.89. The number of aliphatic hydroxyl groups excluding tert-OH is 1. The van der Waals surface area contributed by atoms with Gasteiger partial charge in [0.05, 0.1) is 34.5 Å². The number of hydrogen-bond acceptors (Lipinski definition) is 7. The summed E-state index contributed by atoms with van der Waals surface area (Å²) < 4.78 is 14.0. The number of halogens is 1. The molecule has 6 rings (SSSR count). The molecular formula is C29H26FN7O2. The summed E-state index contributed by atoms with van der Waals surface area (Å²) in [5.74, 6) is -0.711. The van der Waals surface area contributed by atoms with Crippen molar-refractivity contribution in [2.75, 3.05) is 5.32 Å². The second kappa shape index (κ2) is 10.1. The van der Waals surface area contributed by atoms with Crippen LogP contribution in [0, 0.1) is 5.82 Å². The van der Waals surface area contributed by atoms with E-state index in [1.165, 1.54) is 12.1 Å². The molecule has 5 heterocycles. The zero-order valence-electron chi connectivity index (χ0n) is 21.1. The number of rotatable bonds is 8. The number of benzene rings is 1. The number of unbranched alkanes of at least 4 members (excludes halogenated alkanes) is 1. The van der Waals surface area contributed by atoms with Gasteiger partial charge in [-0.2, -0.15) is 5.10 Å². The number of aromatic amines is 2. The van der Waals surface area contributed by atoms with Crippen LogP contribution in [-0.4, -0.2) is 46.6 Å². The average Bonchev–Trinajstić information content (AvgIpc) is 3.55. The molecule has 1 unspecified atom stereocenters. The van der Waals surface area contributed by atoms with Crippen LogP contribution in [0.2, 0.25) is 0 Å². The maximum absolute atomic E-state index is 14.0. The van der Waals surface area contributed by atoms with E-state index >= 15 is 0 Å². The number of hydrogen-bond donors (Lipinski definition) is 5. The van der Waals surface area contributed by atoms with Gasteiger partial charge in [0.25, 0.3) is 0 Å². The first-order chi connectivity index (χ1) is 19.0. The Balaban J connectivity index is 1.37. The van der Waals surface area contributed by atoms with Gasteiger partial charge in [0.2, 0.25) is 0 Å². The smallest absolute Gasteiger partial charge is 0.135 e. The molecule has 0 aliphatic rings. The van der Waals surface area contributed by atoms with Crippen molar-refractivity contribution in [3.63, 3.8) is 0 Å². The fraction of sp³-hybridized carbons (Fsp3) is 0.172. The molecule has 196 valence electrons. The Hall–Kier alpha value is -4.83. The predicted octanol–water partition coefficient (Wildman–Crippen LogP) is 6.00. The van der Waals surface area contributed by atoms with Crippen LogP contribution in [-0.2, 0) is 0 Å². The van der Waals surface area contributed by atoms with Crippen molar-refractivity contribution in [1.82, 2.24) is 30.1 Å². The van der Waals surface area contributed by atoms with E-state index < -0.39 is 12.0 Å². The molecule has 0 saturated carbocycles. The molecule has 0 spiro atoms. The van der Waals surface area contributed by atoms with E-state index in [4.69, 9.17) is 4.98 Å². The Kier molecular flexibility index (Phi) is 6.37. The van der Waals surface area contributed by atoms with Crippen LogP contribution in [0.15, 0.2) is 67.1 Å². The SMILES string of the molecule is CCCCC(O)Nc1cncc(-c2ccc3[nH]nc(-c4cc5c(-c6cc(O)cc(F)c6)nccc5[nH]4)c3n2)c1. The summed E-state index contributed by atoms with van der Waals surface area (Å²) in [6.45, 7) is 2.09. The van der Waals surface area contributed by atoms with Gasteiger partial charge in [-0.15, -0.1) is 0 Å². The number of pyridine rings is 3. The van der Waals surface area contributed by atoms with Gasteiger partial charge < -0.3 is 20.5 Å². The molecule has 9 nitrogen and oxygen atoms in total. The first-order valence-corrected chi connectivity index (χ1v) is 12.7. The number of phenols is 1. The number of aromatic hydroxyl groups is 1. The van der Waals surface area contributed by atoms with Gasteiger partial charge in [-0.3, -0.25) is 15.1 Å². The third-order valence-corrected chi connectivity index (χ3v) is 6.57. The van der Waals surface area contributed by atoms with Crippen LogP contribution >= 0.6 is 0 Å². The molecule has 0 bridgehead atoms.